The molecule has 15 heavy (non-hydrogen) atoms. The van der Waals surface area contributed by atoms with Crippen LogP contribution in [0.15, 0.2) is 22.1 Å². The van der Waals surface area contributed by atoms with Gasteiger partial charge < -0.3 is 0 Å². The second-order valence-corrected chi connectivity index (χ2v) is 7.37. The van der Waals surface area contributed by atoms with E-state index in [1.807, 2.05) is 40.7 Å². The number of halogens is 1. The van der Waals surface area contributed by atoms with Gasteiger partial charge in [-0.1, -0.05) is 33.8 Å². The zero-order valence-corrected chi connectivity index (χ0v) is 11.3. The Kier molecular flexibility index (Phi) is 3.10. The summed E-state index contributed by atoms with van der Waals surface area (Å²) in [6, 6.07) is 0. The van der Waals surface area contributed by atoms with E-state index in [1.165, 1.54) is 0 Å². The SMILES string of the molecule is CC1=C(S(=O)(=O)Cl)C(C(C)C)=CC1(C)C. The van der Waals surface area contributed by atoms with Crippen molar-refractivity contribution in [1.29, 1.82) is 0 Å². The van der Waals surface area contributed by atoms with Gasteiger partial charge in [-0.2, -0.15) is 0 Å². The lowest BCUT2D eigenvalue weighted by atomic mass is 9.88. The van der Waals surface area contributed by atoms with Crippen molar-refractivity contribution in [1.82, 2.24) is 0 Å². The summed E-state index contributed by atoms with van der Waals surface area (Å²) in [4.78, 5) is 0.323. The molecule has 0 aromatic carbocycles. The Morgan fingerprint density at radius 1 is 1.33 bits per heavy atom. The summed E-state index contributed by atoms with van der Waals surface area (Å²) < 4.78 is 23.0. The molecule has 0 amide bonds. The molecule has 1 aliphatic carbocycles. The maximum absolute atomic E-state index is 11.5. The monoisotopic (exact) mass is 248 g/mol. The predicted molar refractivity (Wildman–Crippen MR) is 64.2 cm³/mol. The molecule has 1 aliphatic rings. The van der Waals surface area contributed by atoms with Crippen LogP contribution >= 0.6 is 10.7 Å². The van der Waals surface area contributed by atoms with Gasteiger partial charge in [0.15, 0.2) is 0 Å². The molecule has 0 fully saturated rings. The molecule has 0 N–H and O–H groups in total. The molecule has 0 heterocycles. The van der Waals surface area contributed by atoms with Crippen LogP contribution in [0.2, 0.25) is 0 Å². The minimum absolute atomic E-state index is 0.172. The first-order valence-corrected chi connectivity index (χ1v) is 7.27. The van der Waals surface area contributed by atoms with E-state index in [1.54, 1.807) is 0 Å². The predicted octanol–water partition coefficient (Wildman–Crippen LogP) is 3.45. The van der Waals surface area contributed by atoms with Gasteiger partial charge >= 0.3 is 0 Å². The molecule has 0 atom stereocenters. The van der Waals surface area contributed by atoms with Crippen LogP contribution in [0.3, 0.4) is 0 Å². The first kappa shape index (κ1) is 12.8. The summed E-state index contributed by atoms with van der Waals surface area (Å²) in [7, 11) is 1.84. The van der Waals surface area contributed by atoms with Gasteiger partial charge in [-0.05, 0) is 24.0 Å². The summed E-state index contributed by atoms with van der Waals surface area (Å²) in [6.07, 6.45) is 2.00. The molecule has 2 nitrogen and oxygen atoms in total. The third-order valence-corrected chi connectivity index (χ3v) is 4.44. The Morgan fingerprint density at radius 3 is 2.07 bits per heavy atom. The van der Waals surface area contributed by atoms with Gasteiger partial charge in [0.25, 0.3) is 9.05 Å². The van der Waals surface area contributed by atoms with E-state index in [9.17, 15) is 8.42 Å². The highest BCUT2D eigenvalue weighted by atomic mass is 35.7. The smallest absolute Gasteiger partial charge is 0.207 e. The number of hydrogen-bond acceptors (Lipinski definition) is 2. The lowest BCUT2D eigenvalue weighted by Crippen LogP contribution is -2.07. The van der Waals surface area contributed by atoms with Gasteiger partial charge in [-0.25, -0.2) is 8.42 Å². The highest BCUT2D eigenvalue weighted by molar-refractivity contribution is 8.17. The van der Waals surface area contributed by atoms with Gasteiger partial charge in [-0.15, -0.1) is 0 Å². The molecule has 0 radical (unpaired) electrons. The molecule has 0 unspecified atom stereocenters. The van der Waals surface area contributed by atoms with E-state index in [0.717, 1.165) is 11.1 Å². The topological polar surface area (TPSA) is 34.1 Å². The van der Waals surface area contributed by atoms with Crippen molar-refractivity contribution in [3.63, 3.8) is 0 Å². The molecule has 0 saturated heterocycles. The molecule has 0 bridgehead atoms. The molecule has 0 spiro atoms. The first-order valence-electron chi connectivity index (χ1n) is 4.96. The van der Waals surface area contributed by atoms with E-state index in [4.69, 9.17) is 10.7 Å². The lowest BCUT2D eigenvalue weighted by molar-refractivity contribution is 0.584. The average Bonchev–Trinajstić information content (AvgIpc) is 2.22. The Bertz CT molecular complexity index is 439. The van der Waals surface area contributed by atoms with Crippen LogP contribution in [-0.4, -0.2) is 8.42 Å². The standard InChI is InChI=1S/C11H17ClO2S/c1-7(2)9-6-11(4,5)8(3)10(9)15(12,13)14/h6-7H,1-5H3. The van der Waals surface area contributed by atoms with Crippen molar-refractivity contribution < 1.29 is 8.42 Å². The quantitative estimate of drug-likeness (QED) is 0.702. The lowest BCUT2D eigenvalue weighted by Gasteiger charge is -2.17. The molecule has 4 heteroatoms. The molecule has 0 aromatic rings. The van der Waals surface area contributed by atoms with Crippen LogP contribution in [0.4, 0.5) is 0 Å². The zero-order chi connectivity index (χ0) is 12.0. The van der Waals surface area contributed by atoms with E-state index in [0.29, 0.717) is 4.91 Å². The molecule has 0 aliphatic heterocycles. The van der Waals surface area contributed by atoms with Crippen LogP contribution in [0.5, 0.6) is 0 Å². The van der Waals surface area contributed by atoms with Crippen LogP contribution < -0.4 is 0 Å². The van der Waals surface area contributed by atoms with Gasteiger partial charge in [0.05, 0.1) is 4.91 Å². The maximum Gasteiger partial charge on any atom is 0.261 e. The van der Waals surface area contributed by atoms with E-state index in [-0.39, 0.29) is 11.3 Å². The Labute approximate surface area is 96.4 Å². The minimum atomic E-state index is -3.63. The minimum Gasteiger partial charge on any atom is -0.207 e. The molecular weight excluding hydrogens is 232 g/mol. The third kappa shape index (κ3) is 2.28. The first-order chi connectivity index (χ1) is 6.57. The van der Waals surface area contributed by atoms with Crippen LogP contribution in [0.25, 0.3) is 0 Å². The Balaban J connectivity index is 3.47. The second-order valence-electron chi connectivity index (χ2n) is 4.87. The van der Waals surface area contributed by atoms with Gasteiger partial charge in [0.1, 0.15) is 0 Å². The average molecular weight is 249 g/mol. The van der Waals surface area contributed by atoms with Gasteiger partial charge in [-0.3, -0.25) is 0 Å². The summed E-state index contributed by atoms with van der Waals surface area (Å²) in [5.74, 6) is 0.172. The van der Waals surface area contributed by atoms with Crippen LogP contribution in [-0.2, 0) is 9.05 Å². The van der Waals surface area contributed by atoms with Gasteiger partial charge in [0, 0.05) is 16.1 Å². The summed E-state index contributed by atoms with van der Waals surface area (Å²) in [5.41, 5.74) is 1.46. The number of rotatable bonds is 2. The normalized spacial score (nSPS) is 21.1. The van der Waals surface area contributed by atoms with Gasteiger partial charge in [0.2, 0.25) is 0 Å². The van der Waals surface area contributed by atoms with Crippen molar-refractivity contribution in [2.75, 3.05) is 0 Å². The van der Waals surface area contributed by atoms with E-state index >= 15 is 0 Å². The fourth-order valence-electron chi connectivity index (χ4n) is 1.82. The third-order valence-electron chi connectivity index (χ3n) is 2.95. The molecule has 0 saturated carbocycles. The largest absolute Gasteiger partial charge is 0.261 e. The Morgan fingerprint density at radius 2 is 1.80 bits per heavy atom. The maximum atomic E-state index is 11.5. The number of hydrogen-bond donors (Lipinski definition) is 0. The van der Waals surface area contributed by atoms with E-state index < -0.39 is 9.05 Å². The van der Waals surface area contributed by atoms with Crippen molar-refractivity contribution in [3.05, 3.63) is 22.1 Å². The summed E-state index contributed by atoms with van der Waals surface area (Å²) in [6.45, 7) is 9.78. The summed E-state index contributed by atoms with van der Waals surface area (Å²) >= 11 is 0. The highest BCUT2D eigenvalue weighted by Crippen LogP contribution is 2.45. The molecule has 86 valence electrons. The van der Waals surface area contributed by atoms with Crippen molar-refractivity contribution >= 4 is 19.7 Å². The van der Waals surface area contributed by atoms with Crippen molar-refractivity contribution in [2.45, 2.75) is 34.6 Å². The second kappa shape index (κ2) is 3.63. The molecule has 0 aromatic heterocycles. The fraction of sp³-hybridized carbons (Fsp3) is 0.636. The zero-order valence-electron chi connectivity index (χ0n) is 9.76. The van der Waals surface area contributed by atoms with Crippen LogP contribution in [0.1, 0.15) is 34.6 Å². The Hall–Kier alpha value is -0.280. The molecular formula is C11H17ClO2S. The van der Waals surface area contributed by atoms with Crippen LogP contribution in [0, 0.1) is 11.3 Å². The number of allylic oxidation sites excluding steroid dienone is 3. The molecule has 1 rings (SSSR count). The van der Waals surface area contributed by atoms with Crippen molar-refractivity contribution in [3.8, 4) is 0 Å². The van der Waals surface area contributed by atoms with Crippen molar-refractivity contribution in [2.24, 2.45) is 11.3 Å². The highest BCUT2D eigenvalue weighted by Gasteiger charge is 2.36. The van der Waals surface area contributed by atoms with E-state index in [2.05, 4.69) is 0 Å². The fourth-order valence-corrected chi connectivity index (χ4v) is 3.64. The summed E-state index contributed by atoms with van der Waals surface area (Å²) in [5, 5.41) is 0.